The third-order valence-corrected chi connectivity index (χ3v) is 13.1. The standard InChI is InChI=1S/C51H55N3O7S/c1-35-18-28-45(29-19-35)62(58,59)53-47(30-37-12-6-4-7-13-37)50(57)52-32-43-16-10-11-17-46(43)39-24-26-42(27-25-39)51-60-44(31-48(61-51)40-22-20-38(34-55)21-23-40)33-54(3)36(2)49(56)41-14-8-5-9-15-41/h4-29,36,44,47-49,51,53,55-56H,30-34H2,1-3H3,(H,52,57)/t36-,44-,47-,48+,49-,51+/m1/s1. The Bertz CT molecular complexity index is 2470. The fraction of sp³-hybridized carbons (Fsp3) is 0.275. The molecule has 6 aromatic rings. The lowest BCUT2D eigenvalue weighted by molar-refractivity contribution is -0.253. The molecule has 0 spiro atoms. The number of carbonyl (C=O) groups excluding carboxylic acids is 1. The van der Waals surface area contributed by atoms with Crippen LogP contribution in [0.1, 0.15) is 70.8 Å². The number of likely N-dealkylation sites (N-methyl/N-ethyl adjacent to an activating group) is 1. The molecular weight excluding hydrogens is 799 g/mol. The number of ether oxygens (including phenoxy) is 2. The van der Waals surface area contributed by atoms with Gasteiger partial charge in [0.1, 0.15) is 6.04 Å². The highest BCUT2D eigenvalue weighted by atomic mass is 32.2. The van der Waals surface area contributed by atoms with Crippen LogP contribution in [0, 0.1) is 6.92 Å². The molecule has 0 unspecified atom stereocenters. The summed E-state index contributed by atoms with van der Waals surface area (Å²) in [6.07, 6.45) is -1.06. The van der Waals surface area contributed by atoms with Gasteiger partial charge in [0.2, 0.25) is 15.9 Å². The molecule has 62 heavy (non-hydrogen) atoms. The summed E-state index contributed by atoms with van der Waals surface area (Å²) >= 11 is 0. The maximum absolute atomic E-state index is 13.8. The Hall–Kier alpha value is -5.50. The van der Waals surface area contributed by atoms with E-state index in [1.54, 1.807) is 12.1 Å². The van der Waals surface area contributed by atoms with E-state index in [0.29, 0.717) is 13.0 Å². The first-order valence-corrected chi connectivity index (χ1v) is 22.5. The van der Waals surface area contributed by atoms with E-state index in [4.69, 9.17) is 9.47 Å². The van der Waals surface area contributed by atoms with Crippen molar-refractivity contribution in [2.45, 2.75) is 81.4 Å². The van der Waals surface area contributed by atoms with Crippen molar-refractivity contribution in [3.8, 4) is 11.1 Å². The molecule has 1 heterocycles. The molecule has 1 fully saturated rings. The first kappa shape index (κ1) is 44.6. The van der Waals surface area contributed by atoms with Gasteiger partial charge in [0.05, 0.1) is 29.8 Å². The molecule has 1 aliphatic rings. The zero-order valence-electron chi connectivity index (χ0n) is 35.3. The van der Waals surface area contributed by atoms with Gasteiger partial charge in [-0.25, -0.2) is 8.42 Å². The second-order valence-corrected chi connectivity index (χ2v) is 17.8. The van der Waals surface area contributed by atoms with E-state index in [-0.39, 0.29) is 42.7 Å². The Kier molecular flexibility index (Phi) is 14.8. The third-order valence-electron chi connectivity index (χ3n) is 11.6. The number of nitrogens with one attached hydrogen (secondary N) is 2. The normalized spacial score (nSPS) is 18.2. The van der Waals surface area contributed by atoms with Crippen molar-refractivity contribution in [2.24, 2.45) is 0 Å². The highest BCUT2D eigenvalue weighted by molar-refractivity contribution is 7.89. The Morgan fingerprint density at radius 1 is 0.774 bits per heavy atom. The molecule has 0 aliphatic carbocycles. The van der Waals surface area contributed by atoms with E-state index in [0.717, 1.165) is 50.1 Å². The number of aliphatic hydroxyl groups is 2. The van der Waals surface area contributed by atoms with Crippen molar-refractivity contribution in [3.63, 3.8) is 0 Å². The molecule has 10 nitrogen and oxygen atoms in total. The van der Waals surface area contributed by atoms with Crippen LogP contribution >= 0.6 is 0 Å². The molecule has 0 saturated carbocycles. The number of hydrogen-bond donors (Lipinski definition) is 4. The molecule has 11 heteroatoms. The number of nitrogens with zero attached hydrogens (tertiary/aromatic N) is 1. The van der Waals surface area contributed by atoms with Gasteiger partial charge in [-0.3, -0.25) is 9.69 Å². The summed E-state index contributed by atoms with van der Waals surface area (Å²) in [5.41, 5.74) is 7.96. The van der Waals surface area contributed by atoms with Crippen LogP contribution in [-0.2, 0) is 43.9 Å². The number of benzene rings is 6. The van der Waals surface area contributed by atoms with Crippen LogP contribution in [0.4, 0.5) is 0 Å². The van der Waals surface area contributed by atoms with Gasteiger partial charge in [-0.15, -0.1) is 0 Å². The van der Waals surface area contributed by atoms with Crippen LogP contribution in [0.15, 0.2) is 163 Å². The lowest BCUT2D eigenvalue weighted by atomic mass is 9.97. The van der Waals surface area contributed by atoms with Crippen LogP contribution in [0.2, 0.25) is 0 Å². The third kappa shape index (κ3) is 11.3. The zero-order chi connectivity index (χ0) is 43.6. The quantitative estimate of drug-likeness (QED) is 0.0726. The van der Waals surface area contributed by atoms with Crippen molar-refractivity contribution >= 4 is 15.9 Å². The minimum atomic E-state index is -3.99. The SMILES string of the molecule is Cc1ccc(S(=O)(=O)N[C@H](Cc2ccccc2)C(=O)NCc2ccccc2-c2ccc([C@H]3O[C@@H](CN(C)[C@H](C)[C@@H](O)c4ccccc4)C[C@@H](c4ccc(CO)cc4)O3)cc2)cc1. The molecule has 0 bridgehead atoms. The smallest absolute Gasteiger partial charge is 0.241 e. The molecule has 322 valence electrons. The molecule has 1 saturated heterocycles. The molecule has 6 atom stereocenters. The number of amides is 1. The Morgan fingerprint density at radius 2 is 1.40 bits per heavy atom. The predicted octanol–water partition coefficient (Wildman–Crippen LogP) is 7.96. The molecule has 4 N–H and O–H groups in total. The maximum Gasteiger partial charge on any atom is 0.241 e. The largest absolute Gasteiger partial charge is 0.392 e. The second kappa shape index (κ2) is 20.6. The fourth-order valence-corrected chi connectivity index (χ4v) is 8.98. The number of aliphatic hydroxyl groups excluding tert-OH is 2. The van der Waals surface area contributed by atoms with Crippen molar-refractivity contribution in [1.29, 1.82) is 0 Å². The second-order valence-electron chi connectivity index (χ2n) is 16.1. The molecule has 0 radical (unpaired) electrons. The molecule has 1 aliphatic heterocycles. The summed E-state index contributed by atoms with van der Waals surface area (Å²) in [6, 6.07) is 47.9. The fourth-order valence-electron chi connectivity index (χ4n) is 7.78. The highest BCUT2D eigenvalue weighted by Gasteiger charge is 2.34. The summed E-state index contributed by atoms with van der Waals surface area (Å²) in [5, 5.41) is 23.9. The summed E-state index contributed by atoms with van der Waals surface area (Å²) in [7, 11) is -1.99. The van der Waals surface area contributed by atoms with E-state index in [9.17, 15) is 23.4 Å². The number of aryl methyl sites for hydroxylation is 1. The minimum Gasteiger partial charge on any atom is -0.392 e. The van der Waals surface area contributed by atoms with Gasteiger partial charge in [0.25, 0.3) is 0 Å². The van der Waals surface area contributed by atoms with Crippen LogP contribution < -0.4 is 10.0 Å². The van der Waals surface area contributed by atoms with E-state index >= 15 is 0 Å². The Morgan fingerprint density at radius 3 is 2.08 bits per heavy atom. The lowest BCUT2D eigenvalue weighted by Crippen LogP contribution is -2.47. The van der Waals surface area contributed by atoms with Gasteiger partial charge in [-0.05, 0) is 78.4 Å². The summed E-state index contributed by atoms with van der Waals surface area (Å²) < 4.78 is 42.9. The van der Waals surface area contributed by atoms with Gasteiger partial charge in [0, 0.05) is 31.1 Å². The molecule has 1 amide bonds. The van der Waals surface area contributed by atoms with Crippen LogP contribution in [-0.4, -0.2) is 61.2 Å². The average Bonchev–Trinajstić information content (AvgIpc) is 3.30. The van der Waals surface area contributed by atoms with Crippen molar-refractivity contribution in [1.82, 2.24) is 14.9 Å². The first-order valence-electron chi connectivity index (χ1n) is 21.0. The van der Waals surface area contributed by atoms with Gasteiger partial charge in [-0.2, -0.15) is 4.72 Å². The molecule has 7 rings (SSSR count). The Labute approximate surface area is 365 Å². The van der Waals surface area contributed by atoms with Gasteiger partial charge in [-0.1, -0.05) is 151 Å². The molecule has 6 aromatic carbocycles. The molecule has 0 aromatic heterocycles. The summed E-state index contributed by atoms with van der Waals surface area (Å²) in [5.74, 6) is -0.439. The van der Waals surface area contributed by atoms with E-state index < -0.39 is 34.4 Å². The maximum atomic E-state index is 13.8. The topological polar surface area (TPSA) is 137 Å². The number of sulfonamides is 1. The highest BCUT2D eigenvalue weighted by Crippen LogP contribution is 2.39. The first-order chi connectivity index (χ1) is 30.0. The van der Waals surface area contributed by atoms with Gasteiger partial charge in [0.15, 0.2) is 6.29 Å². The van der Waals surface area contributed by atoms with Crippen LogP contribution in [0.5, 0.6) is 0 Å². The van der Waals surface area contributed by atoms with Crippen molar-refractivity contribution in [3.05, 3.63) is 197 Å². The van der Waals surface area contributed by atoms with E-state index in [1.165, 1.54) is 12.1 Å². The number of rotatable bonds is 17. The average molecular weight is 854 g/mol. The molecular formula is C51H55N3O7S. The van der Waals surface area contributed by atoms with Crippen molar-refractivity contribution < 1.29 is 32.9 Å². The van der Waals surface area contributed by atoms with Crippen molar-refractivity contribution in [2.75, 3.05) is 13.6 Å². The number of carbonyl (C=O) groups is 1. The van der Waals surface area contributed by atoms with Gasteiger partial charge >= 0.3 is 0 Å². The zero-order valence-corrected chi connectivity index (χ0v) is 36.1. The Balaban J connectivity index is 1.07. The summed E-state index contributed by atoms with van der Waals surface area (Å²) in [4.78, 5) is 16.1. The predicted molar refractivity (Wildman–Crippen MR) is 241 cm³/mol. The minimum absolute atomic E-state index is 0.0424. The van der Waals surface area contributed by atoms with Gasteiger partial charge < -0.3 is 25.0 Å². The van der Waals surface area contributed by atoms with Crippen LogP contribution in [0.25, 0.3) is 11.1 Å². The monoisotopic (exact) mass is 853 g/mol. The van der Waals surface area contributed by atoms with E-state index in [1.807, 2.05) is 154 Å². The summed E-state index contributed by atoms with van der Waals surface area (Å²) in [6.45, 7) is 4.59. The van der Waals surface area contributed by atoms with E-state index in [2.05, 4.69) is 14.9 Å². The number of hydrogen-bond acceptors (Lipinski definition) is 8. The lowest BCUT2D eigenvalue weighted by Gasteiger charge is -2.39. The van der Waals surface area contributed by atoms with Crippen LogP contribution in [0.3, 0.4) is 0 Å².